The van der Waals surface area contributed by atoms with E-state index in [2.05, 4.69) is 10.6 Å². The van der Waals surface area contributed by atoms with Crippen molar-refractivity contribution in [3.8, 4) is 0 Å². The van der Waals surface area contributed by atoms with Gasteiger partial charge in [-0.2, -0.15) is 0 Å². The van der Waals surface area contributed by atoms with Gasteiger partial charge in [-0.1, -0.05) is 0 Å². The van der Waals surface area contributed by atoms with E-state index in [1.165, 1.54) is 20.8 Å². The molecule has 40 nitrogen and oxygen atoms in total. The summed E-state index contributed by atoms with van der Waals surface area (Å²) in [5, 5.41) is 244. The quantitative estimate of drug-likeness (QED) is 0.0404. The molecule has 536 valence electrons. The topological polar surface area (TPSA) is 632 Å². The van der Waals surface area contributed by atoms with E-state index >= 15 is 0 Å². The lowest BCUT2D eigenvalue weighted by Crippen LogP contribution is -2.72. The SMILES string of the molecule is CC(=O)N[C@H]1[C@H](O[C@@H]([C@H](O)[C@H](O)CO)[C@@H](O)CO)O[C@H](CO)[C@@H](O[C@@H]2O[C@H](CO)[C@H](O)[C@H](O[C@@H]3O[C@H](CO)[C@@H](O[C@@H]4O[C@H](CO)[C@H](O)[C@H](O)[C@H]4O[C@@H]4O[C@@H](C)[C@@H](O)[C@@H](O)[C@@H]4O)[C@H](O[C@@H]4O[C@@H](C)[C@@H](O)[C@@H](O)[C@@H]4O)[C@H]3NC(C)=O)[C@H]2O)[C@@H]1O[C@@H]1O[C@@H](C)[C@@H](O)[C@@H](O)[C@@H]1O. The molecular formula is C52H90N2O38. The predicted molar refractivity (Wildman–Crippen MR) is 286 cm³/mol. The van der Waals surface area contributed by atoms with Gasteiger partial charge in [0.1, 0.15) is 177 Å². The van der Waals surface area contributed by atoms with Crippen LogP contribution in [0.25, 0.3) is 0 Å². The van der Waals surface area contributed by atoms with Crippen LogP contribution in [0, 0.1) is 0 Å². The third-order valence-electron chi connectivity index (χ3n) is 17.0. The Labute approximate surface area is 523 Å². The number of aliphatic hydroxyl groups excluding tert-OH is 22. The number of aliphatic hydroxyl groups is 22. The molecule has 7 saturated heterocycles. The van der Waals surface area contributed by atoms with Gasteiger partial charge in [0.2, 0.25) is 11.8 Å². The Bertz CT molecular complexity index is 2280. The largest absolute Gasteiger partial charge is 0.394 e. The van der Waals surface area contributed by atoms with Gasteiger partial charge in [0.05, 0.1) is 58.0 Å². The van der Waals surface area contributed by atoms with Crippen molar-refractivity contribution in [2.45, 2.75) is 274 Å². The zero-order valence-corrected chi connectivity index (χ0v) is 50.1. The summed E-state index contributed by atoms with van der Waals surface area (Å²) in [5.74, 6) is -1.92. The summed E-state index contributed by atoms with van der Waals surface area (Å²) in [6.45, 7) is -1.19. The highest BCUT2D eigenvalue weighted by atomic mass is 16.8. The molecule has 0 aromatic carbocycles. The Balaban J connectivity index is 1.28. The maximum Gasteiger partial charge on any atom is 0.217 e. The monoisotopic (exact) mass is 1350 g/mol. The normalized spacial score (nSPS) is 48.4. The Morgan fingerprint density at radius 2 is 0.685 bits per heavy atom. The lowest BCUT2D eigenvalue weighted by atomic mass is 9.93. The molecule has 0 aromatic rings. The average Bonchev–Trinajstić information content (AvgIpc) is 0.767. The van der Waals surface area contributed by atoms with Crippen LogP contribution < -0.4 is 10.6 Å². The van der Waals surface area contributed by atoms with E-state index in [0.29, 0.717) is 0 Å². The summed E-state index contributed by atoms with van der Waals surface area (Å²) < 4.78 is 84.1. The van der Waals surface area contributed by atoms with E-state index in [9.17, 15) is 122 Å². The molecule has 39 atom stereocenters. The maximum absolute atomic E-state index is 13.4. The van der Waals surface area contributed by atoms with Gasteiger partial charge in [0, 0.05) is 13.8 Å². The molecule has 24 N–H and O–H groups in total. The summed E-state index contributed by atoms with van der Waals surface area (Å²) in [5.41, 5.74) is 0. The van der Waals surface area contributed by atoms with Crippen molar-refractivity contribution in [2.24, 2.45) is 0 Å². The molecule has 7 heterocycles. The number of carbonyl (C=O) groups is 2. The van der Waals surface area contributed by atoms with Gasteiger partial charge in [-0.3, -0.25) is 9.59 Å². The Morgan fingerprint density at radius 3 is 1.10 bits per heavy atom. The second-order valence-electron chi connectivity index (χ2n) is 23.6. The van der Waals surface area contributed by atoms with Gasteiger partial charge in [-0.15, -0.1) is 0 Å². The van der Waals surface area contributed by atoms with Gasteiger partial charge < -0.3 is 189 Å². The minimum absolute atomic E-state index is 0.946. The summed E-state index contributed by atoms with van der Waals surface area (Å²) in [4.78, 5) is 26.5. The highest BCUT2D eigenvalue weighted by Gasteiger charge is 2.60. The van der Waals surface area contributed by atoms with Gasteiger partial charge in [-0.25, -0.2) is 0 Å². The second-order valence-corrected chi connectivity index (χ2v) is 23.6. The zero-order chi connectivity index (χ0) is 68.2. The summed E-state index contributed by atoms with van der Waals surface area (Å²) in [6.07, 6.45) is -73.5. The molecule has 92 heavy (non-hydrogen) atoms. The van der Waals surface area contributed by atoms with E-state index in [4.69, 9.17) is 66.3 Å². The van der Waals surface area contributed by atoms with E-state index < -0.39 is 291 Å². The molecule has 7 rings (SSSR count). The fourth-order valence-electron chi connectivity index (χ4n) is 11.7. The first-order valence-electron chi connectivity index (χ1n) is 29.6. The molecule has 0 radical (unpaired) electrons. The molecule has 7 aliphatic heterocycles. The Kier molecular flexibility index (Phi) is 27.9. The fraction of sp³-hybridized carbons (Fsp3) is 0.962. The summed E-state index contributed by atoms with van der Waals surface area (Å²) in [6, 6.07) is -3.91. The second kappa shape index (κ2) is 33.4. The first-order valence-corrected chi connectivity index (χ1v) is 29.6. The lowest BCUT2D eigenvalue weighted by Gasteiger charge is -2.52. The van der Waals surface area contributed by atoms with Gasteiger partial charge in [0.25, 0.3) is 0 Å². The standard InChI is InChI=1S/C52H90N2O38/c1-12-25(65)31(71)35(75)48(79-12)89-42-23(53-15(4)61)46(86-39(18(64)7-56)28(68)17(63)6-55)84-21(10-59)40(42)87-51-38(78)44(30(70)20(9-58)82-51)91-47-24(54-16(5)62)43(90-49-36(76)32(72)26(66)13(2)80-49)41(22(11-60)85-47)88-52-45(34(74)29(69)19(8-57)83-52)92-50-37(77)33(73)27(67)14(3)81-50/h12-14,17-52,55-60,63-78H,6-11H2,1-5H3,(H,53,61)(H,54,62)/t12-,13-,14-,17+,18-,19+,20+,21+,22+,23+,24+,25+,26+,27+,28+,29-,30-,31+,32+,33+,34-,35-,36-,37-,38+,39+,40+,41+,42+,43+,44-,45+,46-,47-,48-,49-,50-,51-,52-/m0/s1. The van der Waals surface area contributed by atoms with Crippen molar-refractivity contribution in [3.63, 3.8) is 0 Å². The van der Waals surface area contributed by atoms with Crippen LogP contribution in [-0.2, 0) is 75.9 Å². The highest BCUT2D eigenvalue weighted by Crippen LogP contribution is 2.40. The number of hydrogen-bond donors (Lipinski definition) is 24. The molecule has 0 saturated carbocycles. The summed E-state index contributed by atoms with van der Waals surface area (Å²) in [7, 11) is 0. The third kappa shape index (κ3) is 16.8. The average molecular weight is 1350 g/mol. The molecule has 7 aliphatic rings. The molecule has 0 spiro atoms. The number of ether oxygens (including phenoxy) is 14. The Morgan fingerprint density at radius 1 is 0.348 bits per heavy atom. The number of nitrogens with one attached hydrogen (secondary N) is 2. The Hall–Kier alpha value is -2.50. The number of rotatable bonds is 25. The first-order chi connectivity index (χ1) is 43.4. The van der Waals surface area contributed by atoms with Crippen molar-refractivity contribution in [3.05, 3.63) is 0 Å². The van der Waals surface area contributed by atoms with Crippen LogP contribution in [0.1, 0.15) is 34.6 Å². The van der Waals surface area contributed by atoms with E-state index in [0.717, 1.165) is 13.8 Å². The van der Waals surface area contributed by atoms with Gasteiger partial charge in [-0.05, 0) is 20.8 Å². The number of carbonyl (C=O) groups excluding carboxylic acids is 2. The van der Waals surface area contributed by atoms with Crippen LogP contribution in [-0.4, -0.2) is 403 Å². The fourth-order valence-corrected chi connectivity index (χ4v) is 11.7. The summed E-state index contributed by atoms with van der Waals surface area (Å²) >= 11 is 0. The highest BCUT2D eigenvalue weighted by molar-refractivity contribution is 5.73. The van der Waals surface area contributed by atoms with Gasteiger partial charge in [0.15, 0.2) is 44.0 Å². The van der Waals surface area contributed by atoms with Gasteiger partial charge >= 0.3 is 0 Å². The van der Waals surface area contributed by atoms with E-state index in [1.807, 2.05) is 0 Å². The molecule has 2 amide bonds. The minimum atomic E-state index is -2.44. The molecule has 40 heteroatoms. The van der Waals surface area contributed by atoms with Crippen molar-refractivity contribution >= 4 is 11.8 Å². The molecule has 0 aliphatic carbocycles. The number of hydrogen-bond acceptors (Lipinski definition) is 38. The van der Waals surface area contributed by atoms with Crippen molar-refractivity contribution < 1.29 is 188 Å². The molecule has 0 unspecified atom stereocenters. The minimum Gasteiger partial charge on any atom is -0.394 e. The first kappa shape index (κ1) is 76.9. The van der Waals surface area contributed by atoms with Crippen molar-refractivity contribution in [1.29, 1.82) is 0 Å². The van der Waals surface area contributed by atoms with Crippen LogP contribution in [0.15, 0.2) is 0 Å². The third-order valence-corrected chi connectivity index (χ3v) is 17.0. The lowest BCUT2D eigenvalue weighted by molar-refractivity contribution is -0.402. The zero-order valence-electron chi connectivity index (χ0n) is 50.1. The molecule has 0 bridgehead atoms. The van der Waals surface area contributed by atoms with E-state index in [-0.39, 0.29) is 0 Å². The molecule has 7 fully saturated rings. The van der Waals surface area contributed by atoms with E-state index in [1.54, 1.807) is 0 Å². The van der Waals surface area contributed by atoms with Crippen LogP contribution in [0.4, 0.5) is 0 Å². The van der Waals surface area contributed by atoms with Crippen LogP contribution >= 0.6 is 0 Å². The predicted octanol–water partition coefficient (Wildman–Crippen LogP) is -15.4. The van der Waals surface area contributed by atoms with Crippen LogP contribution in [0.3, 0.4) is 0 Å². The van der Waals surface area contributed by atoms with Crippen LogP contribution in [0.2, 0.25) is 0 Å². The smallest absolute Gasteiger partial charge is 0.217 e. The number of amides is 2. The maximum atomic E-state index is 13.4. The van der Waals surface area contributed by atoms with Crippen molar-refractivity contribution in [1.82, 2.24) is 10.6 Å². The molecular weight excluding hydrogens is 1260 g/mol. The molecule has 0 aromatic heterocycles. The van der Waals surface area contributed by atoms with Crippen molar-refractivity contribution in [2.75, 3.05) is 39.6 Å². The van der Waals surface area contributed by atoms with Crippen LogP contribution in [0.5, 0.6) is 0 Å².